The molecule has 2 heterocycles. The Hall–Kier alpha value is -3.31. The summed E-state index contributed by atoms with van der Waals surface area (Å²) in [6.07, 6.45) is -0.330. The van der Waals surface area contributed by atoms with Crippen LogP contribution in [0.4, 0.5) is 13.2 Å². The second-order valence-electron chi connectivity index (χ2n) is 4.92. The van der Waals surface area contributed by atoms with Crippen molar-refractivity contribution in [2.24, 2.45) is 0 Å². The molecule has 0 radical (unpaired) electrons. The van der Waals surface area contributed by atoms with Gasteiger partial charge in [0, 0.05) is 12.5 Å². The molecule has 9 nitrogen and oxygen atoms in total. The number of aliphatic carboxylic acids is 2. The fourth-order valence-corrected chi connectivity index (χ4v) is 1.57. The highest BCUT2D eigenvalue weighted by atomic mass is 19.4. The number of oxazole rings is 1. The number of carboxylic acid groups (broad SMARTS) is 2. The number of Topliss-reactive ketones (excluding diaryl/α,β-unsaturated/α-hetero) is 1. The molecule has 0 aliphatic carbocycles. The minimum Gasteiger partial charge on any atom is -0.542 e. The van der Waals surface area contributed by atoms with Crippen LogP contribution in [0.25, 0.3) is 11.5 Å². The lowest BCUT2D eigenvalue weighted by Crippen LogP contribution is -2.38. The van der Waals surface area contributed by atoms with E-state index in [1.165, 1.54) is 17.1 Å². The van der Waals surface area contributed by atoms with Crippen molar-refractivity contribution in [3.63, 3.8) is 0 Å². The van der Waals surface area contributed by atoms with Gasteiger partial charge in [0.2, 0.25) is 5.89 Å². The van der Waals surface area contributed by atoms with Gasteiger partial charge in [0.05, 0.1) is 5.56 Å². The normalized spacial score (nSPS) is 10.7. The summed E-state index contributed by atoms with van der Waals surface area (Å²) in [5.41, 5.74) is 0.928. The molecule has 0 unspecified atom stereocenters. The minimum atomic E-state index is -5.19. The Morgan fingerprint density at radius 1 is 1.33 bits per heavy atom. The monoisotopic (exact) mass is 389 g/mol. The molecular weight excluding hydrogens is 375 g/mol. The molecule has 1 N–H and O–H groups in total. The van der Waals surface area contributed by atoms with Crippen molar-refractivity contribution < 1.29 is 46.9 Å². The Morgan fingerprint density at radius 2 is 1.96 bits per heavy atom. The van der Waals surface area contributed by atoms with Gasteiger partial charge in [-0.15, -0.1) is 0 Å². The first-order valence-corrected chi connectivity index (χ1v) is 7.39. The van der Waals surface area contributed by atoms with Gasteiger partial charge >= 0.3 is 12.1 Å². The molecule has 0 atom stereocenters. The molecule has 0 amide bonds. The van der Waals surface area contributed by atoms with E-state index in [0.29, 0.717) is 30.1 Å². The molecule has 0 saturated heterocycles. The molecule has 0 bridgehead atoms. The molecule has 2 aromatic heterocycles. The summed E-state index contributed by atoms with van der Waals surface area (Å²) in [5.74, 6) is -3.65. The number of aryl methyl sites for hydroxylation is 1. The van der Waals surface area contributed by atoms with E-state index >= 15 is 0 Å². The van der Waals surface area contributed by atoms with Crippen LogP contribution in [0.5, 0.6) is 0 Å². The number of ketones is 1. The van der Waals surface area contributed by atoms with Crippen LogP contribution in [-0.4, -0.2) is 39.1 Å². The third-order valence-electron chi connectivity index (χ3n) is 2.92. The summed E-state index contributed by atoms with van der Waals surface area (Å²) < 4.78 is 38.3. The van der Waals surface area contributed by atoms with Gasteiger partial charge < -0.3 is 19.4 Å². The third-order valence-corrected chi connectivity index (χ3v) is 2.92. The van der Waals surface area contributed by atoms with Crippen molar-refractivity contribution in [2.45, 2.75) is 32.5 Å². The van der Waals surface area contributed by atoms with E-state index in [0.717, 1.165) is 0 Å². The number of carboxylic acids is 2. The van der Waals surface area contributed by atoms with Gasteiger partial charge in [-0.1, -0.05) is 11.6 Å². The Morgan fingerprint density at radius 3 is 2.41 bits per heavy atom. The Kier molecular flexibility index (Phi) is 7.57. The summed E-state index contributed by atoms with van der Waals surface area (Å²) in [5, 5.41) is 21.4. The highest BCUT2D eigenvalue weighted by Gasteiger charge is 2.28. The van der Waals surface area contributed by atoms with Crippen LogP contribution in [0, 0.1) is 0 Å². The Balaban J connectivity index is 0.000000445. The van der Waals surface area contributed by atoms with Crippen LogP contribution in [0.15, 0.2) is 29.1 Å². The third kappa shape index (κ3) is 7.22. The van der Waals surface area contributed by atoms with Crippen molar-refractivity contribution in [1.29, 1.82) is 0 Å². The number of rotatable bonds is 6. The lowest BCUT2D eigenvalue weighted by Gasteiger charge is -2.03. The zero-order chi connectivity index (χ0) is 20.6. The lowest BCUT2D eigenvalue weighted by atomic mass is 10.2. The lowest BCUT2D eigenvalue weighted by molar-refractivity contribution is -0.752. The van der Waals surface area contributed by atoms with Gasteiger partial charge in [-0.05, 0) is 5.10 Å². The second kappa shape index (κ2) is 9.40. The number of hydrogen-bond donors (Lipinski definition) is 1. The SMILES string of the molecule is CCC(=O)c1coc(-c2cc[n+](CCC(=O)O)nc2)n1.O=C([O-])C(F)(F)F. The first-order valence-electron chi connectivity index (χ1n) is 7.39. The summed E-state index contributed by atoms with van der Waals surface area (Å²) in [4.78, 5) is 34.8. The number of carbonyl (C=O) groups is 3. The molecule has 2 aromatic rings. The molecule has 12 heteroatoms. The fourth-order valence-electron chi connectivity index (χ4n) is 1.57. The molecule has 146 valence electrons. The smallest absolute Gasteiger partial charge is 0.430 e. The van der Waals surface area contributed by atoms with Gasteiger partial charge in [0.15, 0.2) is 18.5 Å². The predicted octanol–water partition coefficient (Wildman–Crippen LogP) is 0.390. The van der Waals surface area contributed by atoms with E-state index in [-0.39, 0.29) is 12.2 Å². The average molecular weight is 389 g/mol. The molecule has 0 saturated carbocycles. The molecule has 0 aliphatic heterocycles. The number of nitrogens with zero attached hydrogens (tertiary/aromatic N) is 3. The van der Waals surface area contributed by atoms with Crippen molar-refractivity contribution in [1.82, 2.24) is 10.1 Å². The van der Waals surface area contributed by atoms with Crippen molar-refractivity contribution in [3.05, 3.63) is 30.4 Å². The van der Waals surface area contributed by atoms with Crippen LogP contribution >= 0.6 is 0 Å². The van der Waals surface area contributed by atoms with Gasteiger partial charge in [0.1, 0.15) is 30.5 Å². The van der Waals surface area contributed by atoms with Gasteiger partial charge in [-0.25, -0.2) is 4.98 Å². The summed E-state index contributed by atoms with van der Waals surface area (Å²) in [7, 11) is 0. The van der Waals surface area contributed by atoms with Crippen LogP contribution < -0.4 is 9.79 Å². The van der Waals surface area contributed by atoms with Crippen LogP contribution in [0.2, 0.25) is 0 Å². The molecule has 0 fully saturated rings. The van der Waals surface area contributed by atoms with E-state index < -0.39 is 18.1 Å². The second-order valence-corrected chi connectivity index (χ2v) is 4.92. The standard InChI is InChI=1S/C13H13N3O4.C2HF3O2/c1-2-11(17)10-8-20-13(15-10)9-3-5-16(14-7-9)6-4-12(18)19;3-2(4,5)1(6)7/h3,5,7-8H,2,4,6H2,1H3;(H,6,7). The van der Waals surface area contributed by atoms with Crippen molar-refractivity contribution in [2.75, 3.05) is 0 Å². The highest BCUT2D eigenvalue weighted by Crippen LogP contribution is 2.17. The average Bonchev–Trinajstić information content (AvgIpc) is 3.09. The molecule has 0 aliphatic rings. The van der Waals surface area contributed by atoms with Crippen LogP contribution in [0.1, 0.15) is 30.3 Å². The molecule has 0 aromatic carbocycles. The fraction of sp³-hybridized carbons (Fsp3) is 0.333. The predicted molar refractivity (Wildman–Crippen MR) is 77.9 cm³/mol. The van der Waals surface area contributed by atoms with E-state index in [2.05, 4.69) is 10.1 Å². The first-order chi connectivity index (χ1) is 12.5. The number of aromatic nitrogens is 3. The highest BCUT2D eigenvalue weighted by molar-refractivity contribution is 5.94. The summed E-state index contributed by atoms with van der Waals surface area (Å²) in [6.45, 7) is 2.05. The van der Waals surface area contributed by atoms with E-state index in [1.807, 2.05) is 0 Å². The van der Waals surface area contributed by atoms with Crippen molar-refractivity contribution >= 4 is 17.7 Å². The Bertz CT molecular complexity index is 802. The van der Waals surface area contributed by atoms with Gasteiger partial charge in [-0.3, -0.25) is 9.59 Å². The maximum absolute atomic E-state index is 11.5. The largest absolute Gasteiger partial charge is 0.542 e. The Labute approximate surface area is 150 Å². The number of carbonyl (C=O) groups excluding carboxylic acids is 2. The van der Waals surface area contributed by atoms with E-state index in [9.17, 15) is 22.8 Å². The summed E-state index contributed by atoms with van der Waals surface area (Å²) >= 11 is 0. The molecule has 27 heavy (non-hydrogen) atoms. The number of halogens is 3. The van der Waals surface area contributed by atoms with Crippen LogP contribution in [0.3, 0.4) is 0 Å². The zero-order valence-corrected chi connectivity index (χ0v) is 13.9. The molecule has 0 spiro atoms. The van der Waals surface area contributed by atoms with Gasteiger partial charge in [0.25, 0.3) is 0 Å². The number of hydrogen-bond acceptors (Lipinski definition) is 7. The maximum Gasteiger partial charge on any atom is 0.430 e. The summed E-state index contributed by atoms with van der Waals surface area (Å²) in [6, 6.07) is 1.71. The molecular formula is C15H14F3N3O6. The number of alkyl halides is 3. The van der Waals surface area contributed by atoms with Crippen LogP contribution in [-0.2, 0) is 16.1 Å². The maximum atomic E-state index is 11.5. The zero-order valence-electron chi connectivity index (χ0n) is 13.9. The first kappa shape index (κ1) is 21.7. The minimum absolute atomic E-state index is 0.00512. The topological polar surface area (TPSA) is 137 Å². The molecule has 2 rings (SSSR count). The van der Waals surface area contributed by atoms with Crippen molar-refractivity contribution in [3.8, 4) is 11.5 Å². The van der Waals surface area contributed by atoms with E-state index in [4.69, 9.17) is 19.4 Å². The van der Waals surface area contributed by atoms with Gasteiger partial charge in [-0.2, -0.15) is 13.2 Å². The quantitative estimate of drug-likeness (QED) is 0.553. The van der Waals surface area contributed by atoms with E-state index in [1.54, 1.807) is 19.2 Å².